The van der Waals surface area contributed by atoms with E-state index in [9.17, 15) is 4.79 Å². The van der Waals surface area contributed by atoms with Crippen molar-refractivity contribution in [3.8, 4) is 22.8 Å². The Labute approximate surface area is 206 Å². The lowest BCUT2D eigenvalue weighted by Crippen LogP contribution is -2.50. The minimum atomic E-state index is -0.0836. The monoisotopic (exact) mass is 475 g/mol. The van der Waals surface area contributed by atoms with Crippen molar-refractivity contribution in [3.05, 3.63) is 60.2 Å². The summed E-state index contributed by atoms with van der Waals surface area (Å²) in [5.41, 5.74) is 3.66. The number of benzene rings is 2. The van der Waals surface area contributed by atoms with Gasteiger partial charge >= 0.3 is 6.03 Å². The zero-order valence-corrected chi connectivity index (χ0v) is 21.0. The molecular weight excluding hydrogens is 442 g/mol. The molecule has 3 aromatic rings. The predicted molar refractivity (Wildman–Crippen MR) is 139 cm³/mol. The van der Waals surface area contributed by atoms with E-state index >= 15 is 0 Å². The molecule has 1 aromatic heterocycles. The summed E-state index contributed by atoms with van der Waals surface area (Å²) in [6, 6.07) is 17.4. The fourth-order valence-corrected chi connectivity index (χ4v) is 4.05. The van der Waals surface area contributed by atoms with Crippen molar-refractivity contribution in [1.82, 2.24) is 15.1 Å². The van der Waals surface area contributed by atoms with Gasteiger partial charge in [-0.05, 0) is 53.4 Å². The third-order valence-electron chi connectivity index (χ3n) is 6.23. The van der Waals surface area contributed by atoms with E-state index in [4.69, 9.17) is 9.47 Å². The van der Waals surface area contributed by atoms with Crippen molar-refractivity contribution in [2.24, 2.45) is 0 Å². The van der Waals surface area contributed by atoms with Crippen LogP contribution in [0.15, 0.2) is 54.6 Å². The van der Waals surface area contributed by atoms with Crippen LogP contribution in [0.1, 0.15) is 26.3 Å². The van der Waals surface area contributed by atoms with Crippen molar-refractivity contribution in [3.63, 3.8) is 0 Å². The fourth-order valence-electron chi connectivity index (χ4n) is 4.05. The number of ether oxygens (including phenoxy) is 2. The van der Waals surface area contributed by atoms with E-state index in [1.54, 1.807) is 14.2 Å². The summed E-state index contributed by atoms with van der Waals surface area (Å²) >= 11 is 0. The lowest BCUT2D eigenvalue weighted by Gasteiger charge is -2.35. The lowest BCUT2D eigenvalue weighted by atomic mass is 9.87. The summed E-state index contributed by atoms with van der Waals surface area (Å²) in [6.07, 6.45) is 0. The minimum absolute atomic E-state index is 0.0833. The number of carbonyl (C=O) groups excluding carboxylic acids is 1. The third-order valence-corrected chi connectivity index (χ3v) is 6.23. The van der Waals surface area contributed by atoms with Crippen LogP contribution < -0.4 is 19.7 Å². The van der Waals surface area contributed by atoms with Crippen molar-refractivity contribution in [2.75, 3.05) is 50.6 Å². The molecule has 0 radical (unpaired) electrons. The van der Waals surface area contributed by atoms with Crippen molar-refractivity contribution < 1.29 is 14.3 Å². The minimum Gasteiger partial charge on any atom is -0.497 e. The van der Waals surface area contributed by atoms with E-state index in [0.29, 0.717) is 37.6 Å². The van der Waals surface area contributed by atoms with Crippen LogP contribution >= 0.6 is 0 Å². The van der Waals surface area contributed by atoms with E-state index in [0.717, 1.165) is 22.8 Å². The Morgan fingerprint density at radius 3 is 2.17 bits per heavy atom. The first-order chi connectivity index (χ1) is 16.8. The molecule has 2 aromatic carbocycles. The summed E-state index contributed by atoms with van der Waals surface area (Å²) < 4.78 is 10.8. The number of anilines is 2. The highest BCUT2D eigenvalue weighted by Crippen LogP contribution is 2.32. The van der Waals surface area contributed by atoms with Gasteiger partial charge in [-0.2, -0.15) is 0 Å². The second-order valence-corrected chi connectivity index (χ2v) is 9.57. The Morgan fingerprint density at radius 2 is 1.60 bits per heavy atom. The second kappa shape index (κ2) is 10.2. The first-order valence-electron chi connectivity index (χ1n) is 11.8. The van der Waals surface area contributed by atoms with Gasteiger partial charge in [0, 0.05) is 37.4 Å². The lowest BCUT2D eigenvalue weighted by molar-refractivity contribution is 0.208. The van der Waals surface area contributed by atoms with Crippen LogP contribution in [-0.4, -0.2) is 61.5 Å². The van der Waals surface area contributed by atoms with E-state index in [1.165, 1.54) is 5.56 Å². The Balaban J connectivity index is 1.35. The molecule has 0 atom stereocenters. The molecule has 8 nitrogen and oxygen atoms in total. The highest BCUT2D eigenvalue weighted by atomic mass is 16.5. The van der Waals surface area contributed by atoms with E-state index in [-0.39, 0.29) is 11.4 Å². The number of urea groups is 1. The molecule has 0 unspecified atom stereocenters. The van der Waals surface area contributed by atoms with Gasteiger partial charge in [0.25, 0.3) is 0 Å². The molecule has 0 saturated carbocycles. The van der Waals surface area contributed by atoms with Gasteiger partial charge in [0.1, 0.15) is 11.5 Å². The number of aromatic nitrogens is 2. The maximum Gasteiger partial charge on any atom is 0.321 e. The van der Waals surface area contributed by atoms with Gasteiger partial charge in [0.15, 0.2) is 5.82 Å². The number of nitrogens with one attached hydrogen (secondary N) is 1. The zero-order chi connectivity index (χ0) is 25.0. The van der Waals surface area contributed by atoms with Gasteiger partial charge in [-0.1, -0.05) is 32.9 Å². The fraction of sp³-hybridized carbons (Fsp3) is 0.370. The van der Waals surface area contributed by atoms with E-state index in [2.05, 4.69) is 53.3 Å². The molecule has 184 valence electrons. The number of hydrogen-bond donors (Lipinski definition) is 1. The quantitative estimate of drug-likeness (QED) is 0.570. The van der Waals surface area contributed by atoms with E-state index < -0.39 is 0 Å². The number of nitrogens with zero attached hydrogens (tertiary/aromatic N) is 4. The number of rotatable bonds is 5. The molecule has 1 saturated heterocycles. The molecule has 1 fully saturated rings. The molecule has 0 bridgehead atoms. The average Bonchev–Trinajstić information content (AvgIpc) is 2.88. The number of piperazine rings is 1. The molecule has 1 aliphatic heterocycles. The van der Waals surface area contributed by atoms with Crippen molar-refractivity contribution in [2.45, 2.75) is 26.2 Å². The number of hydrogen-bond acceptors (Lipinski definition) is 6. The second-order valence-electron chi connectivity index (χ2n) is 9.57. The molecule has 2 amide bonds. The van der Waals surface area contributed by atoms with Crippen molar-refractivity contribution >= 4 is 17.5 Å². The van der Waals surface area contributed by atoms with Crippen LogP contribution in [0.2, 0.25) is 0 Å². The molecule has 1 N–H and O–H groups in total. The topological polar surface area (TPSA) is 79.8 Å². The van der Waals surface area contributed by atoms with Gasteiger partial charge in [0.05, 0.1) is 19.9 Å². The van der Waals surface area contributed by atoms with Gasteiger partial charge < -0.3 is 24.6 Å². The average molecular weight is 476 g/mol. The summed E-state index contributed by atoms with van der Waals surface area (Å²) in [7, 11) is 3.26. The van der Waals surface area contributed by atoms with Crippen LogP contribution in [0.5, 0.6) is 11.5 Å². The maximum absolute atomic E-state index is 12.8. The highest BCUT2D eigenvalue weighted by molar-refractivity contribution is 5.89. The van der Waals surface area contributed by atoms with E-state index in [1.807, 2.05) is 47.4 Å². The Kier molecular flexibility index (Phi) is 7.10. The summed E-state index contributed by atoms with van der Waals surface area (Å²) in [5, 5.41) is 11.9. The smallest absolute Gasteiger partial charge is 0.321 e. The summed E-state index contributed by atoms with van der Waals surface area (Å²) in [5.74, 6) is 2.22. The molecule has 1 aliphatic rings. The van der Waals surface area contributed by atoms with Crippen LogP contribution in [0.4, 0.5) is 16.3 Å². The first-order valence-corrected chi connectivity index (χ1v) is 11.8. The Bertz CT molecular complexity index is 1150. The standard InChI is InChI=1S/C27H33N5O3/c1-27(2,3)19-6-8-20(9-7-19)28-26(33)32-16-14-31(15-17-32)25-13-11-23(29-30-25)22-18-21(34-4)10-12-24(22)35-5/h6-13,18H,14-17H2,1-5H3,(H,28,33). The third kappa shape index (κ3) is 5.65. The van der Waals surface area contributed by atoms with Crippen LogP contribution in [0.25, 0.3) is 11.3 Å². The Morgan fingerprint density at radius 1 is 0.886 bits per heavy atom. The molecule has 8 heteroatoms. The molecule has 0 spiro atoms. The largest absolute Gasteiger partial charge is 0.497 e. The van der Waals surface area contributed by atoms with Gasteiger partial charge in [-0.25, -0.2) is 4.79 Å². The predicted octanol–water partition coefficient (Wildman–Crippen LogP) is 4.81. The maximum atomic E-state index is 12.8. The normalized spacial score (nSPS) is 14.0. The molecule has 35 heavy (non-hydrogen) atoms. The highest BCUT2D eigenvalue weighted by Gasteiger charge is 2.23. The number of carbonyl (C=O) groups is 1. The van der Waals surface area contributed by atoms with Gasteiger partial charge in [-0.15, -0.1) is 10.2 Å². The SMILES string of the molecule is COc1ccc(OC)c(-c2ccc(N3CCN(C(=O)Nc4ccc(C(C)(C)C)cc4)CC3)nn2)c1. The molecule has 4 rings (SSSR count). The summed E-state index contributed by atoms with van der Waals surface area (Å²) in [4.78, 5) is 16.7. The number of amides is 2. The van der Waals surface area contributed by atoms with Crippen molar-refractivity contribution in [1.29, 1.82) is 0 Å². The zero-order valence-electron chi connectivity index (χ0n) is 21.0. The molecular formula is C27H33N5O3. The Hall–Kier alpha value is -3.81. The summed E-state index contributed by atoms with van der Waals surface area (Å²) in [6.45, 7) is 9.12. The molecule has 2 heterocycles. The van der Waals surface area contributed by atoms with Crippen LogP contribution in [0, 0.1) is 0 Å². The molecule has 0 aliphatic carbocycles. The van der Waals surface area contributed by atoms with Crippen LogP contribution in [-0.2, 0) is 5.41 Å². The first kappa shape index (κ1) is 24.3. The van der Waals surface area contributed by atoms with Gasteiger partial charge in [-0.3, -0.25) is 0 Å². The van der Waals surface area contributed by atoms with Crippen LogP contribution in [0.3, 0.4) is 0 Å². The van der Waals surface area contributed by atoms with Gasteiger partial charge in [0.2, 0.25) is 0 Å². The number of methoxy groups -OCH3 is 2.